The van der Waals surface area contributed by atoms with Gasteiger partial charge in [-0.15, -0.1) is 0 Å². The van der Waals surface area contributed by atoms with Crippen molar-refractivity contribution >= 4 is 21.6 Å². The fourth-order valence-electron chi connectivity index (χ4n) is 2.55. The Kier molecular flexibility index (Phi) is 3.70. The van der Waals surface area contributed by atoms with Crippen molar-refractivity contribution < 1.29 is 4.74 Å². The van der Waals surface area contributed by atoms with E-state index in [9.17, 15) is 0 Å². The summed E-state index contributed by atoms with van der Waals surface area (Å²) in [6, 6.07) is 12.7. The quantitative estimate of drug-likeness (QED) is 0.895. The van der Waals surface area contributed by atoms with Crippen LogP contribution in [-0.4, -0.2) is 12.6 Å². The number of hydrogen-bond donors (Lipinski definition) is 1. The molecule has 1 N–H and O–H groups in total. The second-order valence-electron chi connectivity index (χ2n) is 5.40. The average Bonchev–Trinajstić information content (AvgIpc) is 2.81. The lowest BCUT2D eigenvalue weighted by Gasteiger charge is -2.15. The smallest absolute Gasteiger partial charge is 0.123 e. The normalized spacial score (nSPS) is 16.6. The Morgan fingerprint density at radius 2 is 2.05 bits per heavy atom. The van der Waals surface area contributed by atoms with E-state index in [-0.39, 0.29) is 6.10 Å². The van der Waals surface area contributed by atoms with Crippen LogP contribution in [0.25, 0.3) is 0 Å². The molecule has 3 rings (SSSR count). The highest BCUT2D eigenvalue weighted by Crippen LogP contribution is 2.31. The average molecular weight is 332 g/mol. The molecule has 1 unspecified atom stereocenters. The summed E-state index contributed by atoms with van der Waals surface area (Å²) in [5.41, 5.74) is 5.03. The molecule has 1 atom stereocenters. The lowest BCUT2D eigenvalue weighted by Crippen LogP contribution is -2.24. The third kappa shape index (κ3) is 2.83. The van der Waals surface area contributed by atoms with Crippen molar-refractivity contribution in [1.82, 2.24) is 0 Å². The van der Waals surface area contributed by atoms with E-state index >= 15 is 0 Å². The molecule has 104 valence electrons. The number of fused-ring (bicyclic) bond motifs is 1. The molecule has 2 nitrogen and oxygen atoms in total. The molecule has 1 aliphatic heterocycles. The van der Waals surface area contributed by atoms with E-state index in [1.807, 2.05) is 12.1 Å². The zero-order valence-corrected chi connectivity index (χ0v) is 13.3. The summed E-state index contributed by atoms with van der Waals surface area (Å²) in [6.07, 6.45) is 1.17. The first-order valence-corrected chi connectivity index (χ1v) is 7.67. The van der Waals surface area contributed by atoms with Gasteiger partial charge in [-0.2, -0.15) is 0 Å². The van der Waals surface area contributed by atoms with Gasteiger partial charge in [-0.05, 0) is 54.8 Å². The zero-order valence-electron chi connectivity index (χ0n) is 11.7. The summed E-state index contributed by atoms with van der Waals surface area (Å²) in [7, 11) is 0. The Labute approximate surface area is 128 Å². The molecule has 1 heterocycles. The molecule has 0 aromatic heterocycles. The molecule has 0 fully saturated rings. The largest absolute Gasteiger partial charge is 0.488 e. The molecule has 0 spiro atoms. The summed E-state index contributed by atoms with van der Waals surface area (Å²) in [6.45, 7) is 5.07. The topological polar surface area (TPSA) is 21.3 Å². The molecule has 0 bridgehead atoms. The summed E-state index contributed by atoms with van der Waals surface area (Å²) in [5.74, 6) is 1.01. The Morgan fingerprint density at radius 3 is 2.90 bits per heavy atom. The van der Waals surface area contributed by atoms with Gasteiger partial charge in [0.25, 0.3) is 0 Å². The third-order valence-electron chi connectivity index (χ3n) is 3.68. The van der Waals surface area contributed by atoms with Crippen molar-refractivity contribution in [2.45, 2.75) is 26.4 Å². The maximum atomic E-state index is 5.97. The SMILES string of the molecule is Cc1ccc(C)c(NCC2Cc3cc(Br)ccc3O2)c1. The Balaban J connectivity index is 1.65. The van der Waals surface area contributed by atoms with E-state index in [0.717, 1.165) is 23.2 Å². The number of ether oxygens (including phenoxy) is 1. The second kappa shape index (κ2) is 5.49. The van der Waals surface area contributed by atoms with Crippen LogP contribution in [0.5, 0.6) is 5.75 Å². The van der Waals surface area contributed by atoms with E-state index < -0.39 is 0 Å². The van der Waals surface area contributed by atoms with Crippen LogP contribution in [0.15, 0.2) is 40.9 Å². The number of aryl methyl sites for hydroxylation is 2. The number of anilines is 1. The lowest BCUT2D eigenvalue weighted by molar-refractivity contribution is 0.246. The van der Waals surface area contributed by atoms with Gasteiger partial charge in [0.05, 0.1) is 6.54 Å². The molecule has 0 aliphatic carbocycles. The van der Waals surface area contributed by atoms with Gasteiger partial charge < -0.3 is 10.1 Å². The molecule has 2 aromatic carbocycles. The van der Waals surface area contributed by atoms with Crippen molar-refractivity contribution in [3.8, 4) is 5.75 Å². The molecular weight excluding hydrogens is 314 g/mol. The molecule has 3 heteroatoms. The Morgan fingerprint density at radius 1 is 1.20 bits per heavy atom. The van der Waals surface area contributed by atoms with E-state index in [2.05, 4.69) is 59.4 Å². The summed E-state index contributed by atoms with van der Waals surface area (Å²) < 4.78 is 7.08. The van der Waals surface area contributed by atoms with Gasteiger partial charge >= 0.3 is 0 Å². The first kappa shape index (κ1) is 13.5. The Hall–Kier alpha value is -1.48. The van der Waals surface area contributed by atoms with E-state index in [1.54, 1.807) is 0 Å². The zero-order chi connectivity index (χ0) is 14.1. The molecule has 0 saturated heterocycles. The monoisotopic (exact) mass is 331 g/mol. The predicted octanol–water partition coefficient (Wildman–Crippen LogP) is 4.48. The minimum atomic E-state index is 0.208. The van der Waals surface area contributed by atoms with Crippen LogP contribution in [0.2, 0.25) is 0 Å². The highest BCUT2D eigenvalue weighted by molar-refractivity contribution is 9.10. The Bertz CT molecular complexity index is 639. The summed E-state index contributed by atoms with van der Waals surface area (Å²) >= 11 is 3.51. The first-order valence-electron chi connectivity index (χ1n) is 6.88. The van der Waals surface area contributed by atoms with Gasteiger partial charge in [-0.3, -0.25) is 0 Å². The van der Waals surface area contributed by atoms with Crippen molar-refractivity contribution in [2.75, 3.05) is 11.9 Å². The van der Waals surface area contributed by atoms with Crippen LogP contribution in [0.1, 0.15) is 16.7 Å². The van der Waals surface area contributed by atoms with Crippen LogP contribution in [0.4, 0.5) is 5.69 Å². The van der Waals surface area contributed by atoms with Crippen molar-refractivity contribution in [3.63, 3.8) is 0 Å². The number of rotatable bonds is 3. The summed E-state index contributed by atoms with van der Waals surface area (Å²) in [5, 5.41) is 3.51. The van der Waals surface area contributed by atoms with Crippen molar-refractivity contribution in [3.05, 3.63) is 57.6 Å². The maximum Gasteiger partial charge on any atom is 0.123 e. The van der Waals surface area contributed by atoms with Gasteiger partial charge in [0, 0.05) is 16.6 Å². The van der Waals surface area contributed by atoms with Gasteiger partial charge in [-0.1, -0.05) is 28.1 Å². The molecule has 20 heavy (non-hydrogen) atoms. The van der Waals surface area contributed by atoms with Crippen LogP contribution in [0, 0.1) is 13.8 Å². The third-order valence-corrected chi connectivity index (χ3v) is 4.17. The minimum Gasteiger partial charge on any atom is -0.488 e. The second-order valence-corrected chi connectivity index (χ2v) is 6.31. The fraction of sp³-hybridized carbons (Fsp3) is 0.294. The molecule has 0 radical (unpaired) electrons. The van der Waals surface area contributed by atoms with Gasteiger partial charge in [-0.25, -0.2) is 0 Å². The van der Waals surface area contributed by atoms with Crippen LogP contribution in [-0.2, 0) is 6.42 Å². The standard InChI is InChI=1S/C17H18BrNO/c1-11-3-4-12(2)16(7-11)19-10-15-9-13-8-14(18)5-6-17(13)20-15/h3-8,15,19H,9-10H2,1-2H3. The van der Waals surface area contributed by atoms with Gasteiger partial charge in [0.2, 0.25) is 0 Å². The van der Waals surface area contributed by atoms with E-state index in [4.69, 9.17) is 4.74 Å². The molecule has 1 aliphatic rings. The van der Waals surface area contributed by atoms with Gasteiger partial charge in [0.15, 0.2) is 0 Å². The number of hydrogen-bond acceptors (Lipinski definition) is 2. The highest BCUT2D eigenvalue weighted by Gasteiger charge is 2.22. The van der Waals surface area contributed by atoms with Crippen LogP contribution < -0.4 is 10.1 Å². The lowest BCUT2D eigenvalue weighted by atomic mass is 10.1. The number of halogens is 1. The fourth-order valence-corrected chi connectivity index (χ4v) is 2.96. The predicted molar refractivity (Wildman–Crippen MR) is 86.7 cm³/mol. The molecule has 0 amide bonds. The van der Waals surface area contributed by atoms with Crippen molar-refractivity contribution in [2.24, 2.45) is 0 Å². The highest BCUT2D eigenvalue weighted by atomic mass is 79.9. The first-order chi connectivity index (χ1) is 9.61. The molecular formula is C17H18BrNO. The summed E-state index contributed by atoms with van der Waals surface area (Å²) in [4.78, 5) is 0. The van der Waals surface area contributed by atoms with E-state index in [1.165, 1.54) is 22.4 Å². The van der Waals surface area contributed by atoms with Crippen LogP contribution >= 0.6 is 15.9 Å². The minimum absolute atomic E-state index is 0.208. The van der Waals surface area contributed by atoms with Crippen LogP contribution in [0.3, 0.4) is 0 Å². The van der Waals surface area contributed by atoms with E-state index in [0.29, 0.717) is 0 Å². The molecule has 0 saturated carbocycles. The number of benzene rings is 2. The molecule has 2 aromatic rings. The van der Waals surface area contributed by atoms with Gasteiger partial charge in [0.1, 0.15) is 11.9 Å². The number of nitrogens with one attached hydrogen (secondary N) is 1. The van der Waals surface area contributed by atoms with Crippen molar-refractivity contribution in [1.29, 1.82) is 0 Å². The maximum absolute atomic E-state index is 5.97.